The van der Waals surface area contributed by atoms with E-state index >= 15 is 0 Å². The zero-order chi connectivity index (χ0) is 10.9. The number of nitrogens with zero attached hydrogens (tertiary/aromatic N) is 1. The molecule has 0 amide bonds. The number of rotatable bonds is 5. The largest absolute Gasteiger partial charge is 0.319 e. The van der Waals surface area contributed by atoms with Gasteiger partial charge < -0.3 is 5.32 Å². The van der Waals surface area contributed by atoms with E-state index in [1.165, 1.54) is 0 Å². The van der Waals surface area contributed by atoms with Gasteiger partial charge in [0.25, 0.3) is 0 Å². The SMILES string of the molecule is CNCCC=Cc1ccccc1N=C=O. The Morgan fingerprint density at radius 2 is 2.27 bits per heavy atom. The Morgan fingerprint density at radius 1 is 1.47 bits per heavy atom. The first-order valence-corrected chi connectivity index (χ1v) is 4.86. The number of isocyanates is 1. The van der Waals surface area contributed by atoms with Crippen molar-refractivity contribution in [3.8, 4) is 0 Å². The molecule has 0 atom stereocenters. The number of aliphatic imine (C=N–C) groups is 1. The standard InChI is InChI=1S/C12H14N2O/c1-13-9-5-4-7-11-6-2-3-8-12(11)14-10-15/h2-4,6-8,13H,5,9H2,1H3. The second-order valence-corrected chi connectivity index (χ2v) is 3.06. The Balaban J connectivity index is 2.75. The summed E-state index contributed by atoms with van der Waals surface area (Å²) in [5, 5.41) is 3.06. The molecular weight excluding hydrogens is 188 g/mol. The molecule has 0 aromatic heterocycles. The second-order valence-electron chi connectivity index (χ2n) is 3.06. The first-order chi connectivity index (χ1) is 7.38. The van der Waals surface area contributed by atoms with Crippen molar-refractivity contribution in [1.82, 2.24) is 5.32 Å². The van der Waals surface area contributed by atoms with Crippen LogP contribution in [0.4, 0.5) is 5.69 Å². The second kappa shape index (κ2) is 6.71. The maximum absolute atomic E-state index is 10.2. The molecule has 15 heavy (non-hydrogen) atoms. The van der Waals surface area contributed by atoms with E-state index in [1.54, 1.807) is 12.1 Å². The predicted molar refractivity (Wildman–Crippen MR) is 61.8 cm³/mol. The quantitative estimate of drug-likeness (QED) is 0.452. The third kappa shape index (κ3) is 3.90. The molecule has 78 valence electrons. The maximum Gasteiger partial charge on any atom is 0.240 e. The summed E-state index contributed by atoms with van der Waals surface area (Å²) >= 11 is 0. The predicted octanol–water partition coefficient (Wildman–Crippen LogP) is 2.28. The van der Waals surface area contributed by atoms with Crippen molar-refractivity contribution in [3.63, 3.8) is 0 Å². The van der Waals surface area contributed by atoms with E-state index in [-0.39, 0.29) is 0 Å². The molecule has 1 aromatic carbocycles. The number of para-hydroxylation sites is 1. The molecule has 1 aromatic rings. The summed E-state index contributed by atoms with van der Waals surface area (Å²) in [6, 6.07) is 7.48. The van der Waals surface area contributed by atoms with E-state index in [1.807, 2.05) is 31.3 Å². The van der Waals surface area contributed by atoms with Crippen molar-refractivity contribution < 1.29 is 4.79 Å². The first kappa shape index (κ1) is 11.4. The summed E-state index contributed by atoms with van der Waals surface area (Å²) in [4.78, 5) is 13.8. The molecule has 0 bridgehead atoms. The highest BCUT2D eigenvalue weighted by Crippen LogP contribution is 2.19. The zero-order valence-corrected chi connectivity index (χ0v) is 8.73. The van der Waals surface area contributed by atoms with Crippen molar-refractivity contribution >= 4 is 17.8 Å². The van der Waals surface area contributed by atoms with Crippen LogP contribution in [0.5, 0.6) is 0 Å². The third-order valence-electron chi connectivity index (χ3n) is 1.96. The summed E-state index contributed by atoms with van der Waals surface area (Å²) in [5.41, 5.74) is 1.60. The molecule has 0 spiro atoms. The number of carbonyl (C=O) groups excluding carboxylic acids is 1. The minimum atomic E-state index is 0.660. The van der Waals surface area contributed by atoms with E-state index in [4.69, 9.17) is 0 Å². The summed E-state index contributed by atoms with van der Waals surface area (Å²) in [6.45, 7) is 0.940. The van der Waals surface area contributed by atoms with Gasteiger partial charge in [0.15, 0.2) is 0 Å². The fraction of sp³-hybridized carbons (Fsp3) is 0.250. The van der Waals surface area contributed by atoms with Gasteiger partial charge in [-0.1, -0.05) is 30.4 Å². The van der Waals surface area contributed by atoms with Gasteiger partial charge >= 0.3 is 0 Å². The van der Waals surface area contributed by atoms with E-state index in [0.29, 0.717) is 5.69 Å². The fourth-order valence-electron chi connectivity index (χ4n) is 1.22. The molecule has 0 aliphatic heterocycles. The van der Waals surface area contributed by atoms with Crippen LogP contribution in [0.1, 0.15) is 12.0 Å². The highest BCUT2D eigenvalue weighted by atomic mass is 16.1. The van der Waals surface area contributed by atoms with Gasteiger partial charge in [0.05, 0.1) is 5.69 Å². The molecule has 0 aliphatic rings. The van der Waals surface area contributed by atoms with Gasteiger partial charge in [-0.2, -0.15) is 4.99 Å². The van der Waals surface area contributed by atoms with Gasteiger partial charge in [-0.25, -0.2) is 4.79 Å². The molecule has 0 saturated heterocycles. The Kier molecular flexibility index (Phi) is 5.09. The van der Waals surface area contributed by atoms with Gasteiger partial charge in [-0.15, -0.1) is 0 Å². The van der Waals surface area contributed by atoms with Crippen molar-refractivity contribution in [3.05, 3.63) is 35.9 Å². The Morgan fingerprint density at radius 3 is 3.00 bits per heavy atom. The normalized spacial score (nSPS) is 10.2. The highest BCUT2D eigenvalue weighted by Gasteiger charge is 1.94. The lowest BCUT2D eigenvalue weighted by Crippen LogP contribution is -2.05. The minimum absolute atomic E-state index is 0.660. The van der Waals surface area contributed by atoms with Gasteiger partial charge in [0, 0.05) is 5.56 Å². The Labute approximate surface area is 89.5 Å². The lowest BCUT2D eigenvalue weighted by atomic mass is 10.1. The number of hydrogen-bond acceptors (Lipinski definition) is 3. The molecule has 3 heteroatoms. The molecular formula is C12H14N2O. The lowest BCUT2D eigenvalue weighted by molar-refractivity contribution is 0.565. The van der Waals surface area contributed by atoms with Gasteiger partial charge in [-0.05, 0) is 26.1 Å². The van der Waals surface area contributed by atoms with Gasteiger partial charge in [0.1, 0.15) is 0 Å². The van der Waals surface area contributed by atoms with Gasteiger partial charge in [-0.3, -0.25) is 0 Å². The lowest BCUT2D eigenvalue weighted by Gasteiger charge is -1.97. The van der Waals surface area contributed by atoms with Crippen LogP contribution >= 0.6 is 0 Å². The molecule has 1 rings (SSSR count). The van der Waals surface area contributed by atoms with Crippen LogP contribution in [0.25, 0.3) is 6.08 Å². The summed E-state index contributed by atoms with van der Waals surface area (Å²) in [5.74, 6) is 0. The maximum atomic E-state index is 10.2. The number of hydrogen-bond donors (Lipinski definition) is 1. The van der Waals surface area contributed by atoms with E-state index in [0.717, 1.165) is 18.5 Å². The van der Waals surface area contributed by atoms with Crippen molar-refractivity contribution in [2.75, 3.05) is 13.6 Å². The number of benzene rings is 1. The summed E-state index contributed by atoms with van der Waals surface area (Å²) in [6.07, 6.45) is 6.53. The topological polar surface area (TPSA) is 41.5 Å². The van der Waals surface area contributed by atoms with Crippen LogP contribution < -0.4 is 5.32 Å². The fourth-order valence-corrected chi connectivity index (χ4v) is 1.22. The van der Waals surface area contributed by atoms with Crippen molar-refractivity contribution in [2.45, 2.75) is 6.42 Å². The highest BCUT2D eigenvalue weighted by molar-refractivity contribution is 5.66. The van der Waals surface area contributed by atoms with Crippen molar-refractivity contribution in [1.29, 1.82) is 0 Å². The van der Waals surface area contributed by atoms with Gasteiger partial charge in [0.2, 0.25) is 6.08 Å². The molecule has 0 unspecified atom stereocenters. The molecule has 0 saturated carbocycles. The van der Waals surface area contributed by atoms with Crippen LogP contribution in [0.2, 0.25) is 0 Å². The average Bonchev–Trinajstić information content (AvgIpc) is 2.27. The molecule has 0 fully saturated rings. The minimum Gasteiger partial charge on any atom is -0.319 e. The summed E-state index contributed by atoms with van der Waals surface area (Å²) < 4.78 is 0. The number of nitrogens with one attached hydrogen (secondary N) is 1. The molecule has 0 radical (unpaired) electrons. The summed E-state index contributed by atoms with van der Waals surface area (Å²) in [7, 11) is 1.92. The van der Waals surface area contributed by atoms with E-state index in [9.17, 15) is 4.79 Å². The van der Waals surface area contributed by atoms with Crippen LogP contribution in [-0.4, -0.2) is 19.7 Å². The molecule has 0 heterocycles. The first-order valence-electron chi connectivity index (χ1n) is 4.86. The van der Waals surface area contributed by atoms with Crippen molar-refractivity contribution in [2.24, 2.45) is 4.99 Å². The zero-order valence-electron chi connectivity index (χ0n) is 8.73. The molecule has 1 N–H and O–H groups in total. The Bertz CT molecular complexity index is 379. The molecule has 3 nitrogen and oxygen atoms in total. The Hall–Kier alpha value is -1.70. The van der Waals surface area contributed by atoms with E-state index < -0.39 is 0 Å². The van der Waals surface area contributed by atoms with Crippen LogP contribution in [-0.2, 0) is 4.79 Å². The van der Waals surface area contributed by atoms with Crippen LogP contribution in [0.15, 0.2) is 35.3 Å². The average molecular weight is 202 g/mol. The molecule has 0 aliphatic carbocycles. The smallest absolute Gasteiger partial charge is 0.240 e. The monoisotopic (exact) mass is 202 g/mol. The third-order valence-corrected chi connectivity index (χ3v) is 1.96. The van der Waals surface area contributed by atoms with Crippen LogP contribution in [0.3, 0.4) is 0 Å². The van der Waals surface area contributed by atoms with Crippen LogP contribution in [0, 0.1) is 0 Å². The van der Waals surface area contributed by atoms with E-state index in [2.05, 4.69) is 16.4 Å².